The summed E-state index contributed by atoms with van der Waals surface area (Å²) in [6.07, 6.45) is 1.82. The van der Waals surface area contributed by atoms with Crippen molar-refractivity contribution in [3.63, 3.8) is 0 Å². The van der Waals surface area contributed by atoms with Crippen molar-refractivity contribution < 1.29 is 9.29 Å². The number of hydrazone groups is 1. The number of hydrogen-bond acceptors (Lipinski definition) is 2. The summed E-state index contributed by atoms with van der Waals surface area (Å²) in [6, 6.07) is 28.3. The van der Waals surface area contributed by atoms with Crippen LogP contribution in [-0.4, -0.2) is 37.4 Å². The van der Waals surface area contributed by atoms with Crippen molar-refractivity contribution in [3.05, 3.63) is 107 Å². The van der Waals surface area contributed by atoms with Crippen molar-refractivity contribution in [2.24, 2.45) is 5.10 Å². The molecule has 1 fully saturated rings. The Labute approximate surface area is 165 Å². The maximum Gasteiger partial charge on any atom is 0.139 e. The average molecular weight is 374 g/mol. The van der Waals surface area contributed by atoms with Crippen LogP contribution in [0.5, 0.6) is 0 Å². The highest BCUT2D eigenvalue weighted by atomic mass is 19.1. The van der Waals surface area contributed by atoms with Gasteiger partial charge in [-0.25, -0.2) is 4.39 Å². The van der Waals surface area contributed by atoms with Crippen molar-refractivity contribution in [1.29, 1.82) is 0 Å². The molecule has 0 bridgehead atoms. The van der Waals surface area contributed by atoms with E-state index < -0.39 is 0 Å². The van der Waals surface area contributed by atoms with Gasteiger partial charge in [-0.15, -0.1) is 0 Å². The van der Waals surface area contributed by atoms with Crippen LogP contribution in [0.2, 0.25) is 0 Å². The summed E-state index contributed by atoms with van der Waals surface area (Å²) in [5, 5.41) is 6.71. The fraction of sp³-hybridized carbons (Fsp3) is 0.208. The van der Waals surface area contributed by atoms with Crippen LogP contribution in [0.4, 0.5) is 4.39 Å². The predicted molar refractivity (Wildman–Crippen MR) is 111 cm³/mol. The number of hydrogen-bond donors (Lipinski definition) is 1. The summed E-state index contributed by atoms with van der Waals surface area (Å²) in [6.45, 7) is 3.86. The number of quaternary nitrogens is 1. The van der Waals surface area contributed by atoms with E-state index in [-0.39, 0.29) is 5.82 Å². The Morgan fingerprint density at radius 2 is 1.32 bits per heavy atom. The average Bonchev–Trinajstić information content (AvgIpc) is 2.76. The minimum atomic E-state index is -0.220. The molecule has 1 aliphatic rings. The smallest absolute Gasteiger partial charge is 0.139 e. The molecule has 0 radical (unpaired) electrons. The molecule has 1 saturated heterocycles. The SMILES string of the molecule is Fc1ccc(C=NN2CC[NH+](C(c3ccccc3)c3ccccc3)CC2)cc1. The van der Waals surface area contributed by atoms with Gasteiger partial charge in [-0.3, -0.25) is 5.01 Å². The van der Waals surface area contributed by atoms with Crippen molar-refractivity contribution in [2.45, 2.75) is 6.04 Å². The van der Waals surface area contributed by atoms with Gasteiger partial charge in [-0.2, -0.15) is 5.10 Å². The van der Waals surface area contributed by atoms with Crippen molar-refractivity contribution in [2.75, 3.05) is 26.2 Å². The Morgan fingerprint density at radius 1 is 0.786 bits per heavy atom. The number of nitrogens with zero attached hydrogens (tertiary/aromatic N) is 2. The fourth-order valence-corrected chi connectivity index (χ4v) is 3.84. The maximum absolute atomic E-state index is 13.0. The summed E-state index contributed by atoms with van der Waals surface area (Å²) in [4.78, 5) is 1.56. The zero-order valence-corrected chi connectivity index (χ0v) is 15.8. The van der Waals surface area contributed by atoms with Crippen LogP contribution in [0.1, 0.15) is 22.7 Å². The number of halogens is 1. The highest BCUT2D eigenvalue weighted by Gasteiger charge is 2.29. The van der Waals surface area contributed by atoms with E-state index in [0.717, 1.165) is 31.7 Å². The normalized spacial score (nSPS) is 15.4. The number of rotatable bonds is 5. The number of piperazine rings is 1. The molecule has 4 heteroatoms. The molecule has 1 aliphatic heterocycles. The summed E-state index contributed by atoms with van der Waals surface area (Å²) in [7, 11) is 0. The van der Waals surface area contributed by atoms with Crippen LogP contribution in [0, 0.1) is 5.82 Å². The first-order valence-electron chi connectivity index (χ1n) is 9.78. The molecule has 28 heavy (non-hydrogen) atoms. The van der Waals surface area contributed by atoms with Gasteiger partial charge in [-0.1, -0.05) is 72.8 Å². The van der Waals surface area contributed by atoms with Gasteiger partial charge >= 0.3 is 0 Å². The van der Waals surface area contributed by atoms with Gasteiger partial charge in [-0.05, 0) is 17.7 Å². The molecule has 1 heterocycles. The zero-order chi connectivity index (χ0) is 19.2. The molecule has 0 unspecified atom stereocenters. The molecular weight excluding hydrogens is 349 g/mol. The van der Waals surface area contributed by atoms with Crippen LogP contribution in [0.3, 0.4) is 0 Å². The first-order chi connectivity index (χ1) is 13.8. The quantitative estimate of drug-likeness (QED) is 0.680. The Morgan fingerprint density at radius 3 is 1.86 bits per heavy atom. The predicted octanol–water partition coefficient (Wildman–Crippen LogP) is 3.15. The standard InChI is InChI=1S/C24H24FN3/c25-23-13-11-20(12-14-23)19-26-28-17-15-27(16-18-28)24(21-7-3-1-4-8-21)22-9-5-2-6-10-22/h1-14,19,24H,15-18H2/p+1. The van der Waals surface area contributed by atoms with Gasteiger partial charge in [0.05, 0.1) is 32.4 Å². The van der Waals surface area contributed by atoms with Gasteiger partial charge in [0.15, 0.2) is 0 Å². The summed E-state index contributed by atoms with van der Waals surface area (Å²) in [5.41, 5.74) is 3.63. The molecule has 3 nitrogen and oxygen atoms in total. The number of nitrogens with one attached hydrogen (secondary N) is 1. The second-order valence-corrected chi connectivity index (χ2v) is 7.16. The lowest BCUT2D eigenvalue weighted by molar-refractivity contribution is -0.929. The maximum atomic E-state index is 13.0. The minimum absolute atomic E-state index is 0.220. The van der Waals surface area contributed by atoms with Crippen LogP contribution in [-0.2, 0) is 0 Å². The Bertz CT molecular complexity index is 847. The molecule has 142 valence electrons. The molecule has 0 atom stereocenters. The van der Waals surface area contributed by atoms with Gasteiger partial charge in [0.1, 0.15) is 11.9 Å². The van der Waals surface area contributed by atoms with E-state index in [1.165, 1.54) is 23.3 Å². The minimum Gasteiger partial charge on any atom is -0.322 e. The molecule has 0 spiro atoms. The third-order valence-corrected chi connectivity index (χ3v) is 5.30. The van der Waals surface area contributed by atoms with Crippen LogP contribution in [0.25, 0.3) is 0 Å². The lowest BCUT2D eigenvalue weighted by Gasteiger charge is -2.35. The van der Waals surface area contributed by atoms with Crippen molar-refractivity contribution in [1.82, 2.24) is 5.01 Å². The highest BCUT2D eigenvalue weighted by molar-refractivity contribution is 5.79. The van der Waals surface area contributed by atoms with Crippen LogP contribution >= 0.6 is 0 Å². The largest absolute Gasteiger partial charge is 0.322 e. The van der Waals surface area contributed by atoms with E-state index in [9.17, 15) is 4.39 Å². The number of benzene rings is 3. The first-order valence-corrected chi connectivity index (χ1v) is 9.78. The molecule has 0 amide bonds. The van der Waals surface area contributed by atoms with Gasteiger partial charge in [0.25, 0.3) is 0 Å². The monoisotopic (exact) mass is 374 g/mol. The lowest BCUT2D eigenvalue weighted by Crippen LogP contribution is -3.15. The van der Waals surface area contributed by atoms with E-state index in [0.29, 0.717) is 6.04 Å². The molecule has 0 aromatic heterocycles. The molecule has 0 saturated carbocycles. The van der Waals surface area contributed by atoms with Gasteiger partial charge in [0, 0.05) is 11.1 Å². The molecule has 0 aliphatic carbocycles. The lowest BCUT2D eigenvalue weighted by atomic mass is 9.96. The molecule has 3 aromatic rings. The van der Waals surface area contributed by atoms with Gasteiger partial charge < -0.3 is 4.90 Å². The Hall–Kier alpha value is -2.98. The van der Waals surface area contributed by atoms with E-state index in [1.807, 2.05) is 6.21 Å². The van der Waals surface area contributed by atoms with Crippen molar-refractivity contribution in [3.8, 4) is 0 Å². The topological polar surface area (TPSA) is 20.0 Å². The molecule has 4 rings (SSSR count). The first kappa shape index (κ1) is 18.4. The fourth-order valence-electron chi connectivity index (χ4n) is 3.84. The molecule has 1 N–H and O–H groups in total. The summed E-state index contributed by atoms with van der Waals surface area (Å²) >= 11 is 0. The summed E-state index contributed by atoms with van der Waals surface area (Å²) < 4.78 is 13.0. The Kier molecular flexibility index (Phi) is 5.78. The van der Waals surface area contributed by atoms with Crippen LogP contribution < -0.4 is 4.90 Å². The summed E-state index contributed by atoms with van der Waals surface area (Å²) in [5.74, 6) is -0.220. The van der Waals surface area contributed by atoms with E-state index in [4.69, 9.17) is 0 Å². The second kappa shape index (κ2) is 8.81. The zero-order valence-electron chi connectivity index (χ0n) is 15.8. The third kappa shape index (κ3) is 4.46. The van der Waals surface area contributed by atoms with Crippen LogP contribution in [0.15, 0.2) is 90.0 Å². The second-order valence-electron chi connectivity index (χ2n) is 7.16. The van der Waals surface area contributed by atoms with E-state index in [2.05, 4.69) is 70.8 Å². The van der Waals surface area contributed by atoms with Gasteiger partial charge in [0.2, 0.25) is 0 Å². The highest BCUT2D eigenvalue weighted by Crippen LogP contribution is 2.19. The van der Waals surface area contributed by atoms with Crippen molar-refractivity contribution >= 4 is 6.21 Å². The van der Waals surface area contributed by atoms with E-state index >= 15 is 0 Å². The molecular formula is C24H25FN3+. The van der Waals surface area contributed by atoms with E-state index in [1.54, 1.807) is 17.0 Å². The molecule has 3 aromatic carbocycles. The Balaban J connectivity index is 1.45. The third-order valence-electron chi connectivity index (χ3n) is 5.30.